The normalized spacial score (nSPS) is 10.8. The maximum absolute atomic E-state index is 12.6. The highest BCUT2D eigenvalue weighted by Gasteiger charge is 2.21. The van der Waals surface area contributed by atoms with Crippen LogP contribution in [0, 0.1) is 0 Å². The molecule has 1 N–H and O–H groups in total. The van der Waals surface area contributed by atoms with Crippen LogP contribution >= 0.6 is 0 Å². The number of anilines is 1. The Bertz CT molecular complexity index is 1010. The molecule has 1 amide bonds. The van der Waals surface area contributed by atoms with Crippen LogP contribution in [0.5, 0.6) is 5.75 Å². The molecular formula is C20H21NO8S. The van der Waals surface area contributed by atoms with Crippen LogP contribution in [0.1, 0.15) is 41.5 Å². The lowest BCUT2D eigenvalue weighted by Gasteiger charge is -2.11. The van der Waals surface area contributed by atoms with E-state index in [-0.39, 0.29) is 40.9 Å². The molecule has 0 aliphatic heterocycles. The largest absolute Gasteiger partial charge is 0.462 e. The number of nitrogens with one attached hydrogen (secondary N) is 1. The first-order valence-corrected chi connectivity index (χ1v) is 10.4. The summed E-state index contributed by atoms with van der Waals surface area (Å²) >= 11 is 0. The molecule has 0 atom stereocenters. The van der Waals surface area contributed by atoms with E-state index in [2.05, 4.69) is 5.32 Å². The summed E-state index contributed by atoms with van der Waals surface area (Å²) in [4.78, 5) is 35.0. The minimum Gasteiger partial charge on any atom is -0.462 e. The van der Waals surface area contributed by atoms with Crippen molar-refractivity contribution in [1.29, 1.82) is 0 Å². The van der Waals surface area contributed by atoms with E-state index in [4.69, 9.17) is 13.7 Å². The topological polar surface area (TPSA) is 125 Å². The van der Waals surface area contributed by atoms with E-state index < -0.39 is 22.1 Å². The van der Waals surface area contributed by atoms with Gasteiger partial charge in [0.05, 0.1) is 24.3 Å². The van der Waals surface area contributed by atoms with Gasteiger partial charge in [0.2, 0.25) is 5.91 Å². The van der Waals surface area contributed by atoms with Crippen LogP contribution in [-0.4, -0.2) is 39.5 Å². The predicted octanol–water partition coefficient (Wildman–Crippen LogP) is 2.77. The predicted molar refractivity (Wildman–Crippen MR) is 107 cm³/mol. The Kier molecular flexibility index (Phi) is 7.54. The number of benzene rings is 2. The maximum atomic E-state index is 12.6. The molecule has 0 bridgehead atoms. The lowest BCUT2D eigenvalue weighted by atomic mass is 10.1. The second-order valence-corrected chi connectivity index (χ2v) is 7.48. The van der Waals surface area contributed by atoms with E-state index >= 15 is 0 Å². The SMILES string of the molecule is CCOC(=O)c1cc(OS(=O)(=O)c2ccc(NC(C)=O)cc2)cc(C(=O)OCC)c1. The molecule has 0 aliphatic carbocycles. The van der Waals surface area contributed by atoms with Crippen molar-refractivity contribution in [2.75, 3.05) is 18.5 Å². The van der Waals surface area contributed by atoms with Crippen molar-refractivity contribution in [3.05, 3.63) is 53.6 Å². The molecule has 10 heteroatoms. The first-order chi connectivity index (χ1) is 14.2. The van der Waals surface area contributed by atoms with Crippen LogP contribution in [0.25, 0.3) is 0 Å². The Hall–Kier alpha value is -3.40. The minimum absolute atomic E-state index is 0.0615. The van der Waals surface area contributed by atoms with Gasteiger partial charge in [-0.2, -0.15) is 8.42 Å². The van der Waals surface area contributed by atoms with E-state index in [0.717, 1.165) is 12.1 Å². The summed E-state index contributed by atoms with van der Waals surface area (Å²) in [6.45, 7) is 4.74. The Morgan fingerprint density at radius 2 is 1.37 bits per heavy atom. The fourth-order valence-corrected chi connectivity index (χ4v) is 3.31. The van der Waals surface area contributed by atoms with Gasteiger partial charge in [-0.05, 0) is 56.3 Å². The van der Waals surface area contributed by atoms with Gasteiger partial charge in [0.1, 0.15) is 10.6 Å². The number of esters is 2. The Labute approximate surface area is 174 Å². The minimum atomic E-state index is -4.28. The molecule has 0 radical (unpaired) electrons. The maximum Gasteiger partial charge on any atom is 0.339 e. The van der Waals surface area contributed by atoms with Gasteiger partial charge in [0.25, 0.3) is 0 Å². The molecule has 160 valence electrons. The summed E-state index contributed by atoms with van der Waals surface area (Å²) in [5.74, 6) is -2.05. The molecule has 0 unspecified atom stereocenters. The smallest absolute Gasteiger partial charge is 0.339 e. The Morgan fingerprint density at radius 3 is 1.80 bits per heavy atom. The summed E-state index contributed by atoms with van der Waals surface area (Å²) in [5, 5.41) is 2.52. The first-order valence-electron chi connectivity index (χ1n) is 8.97. The van der Waals surface area contributed by atoms with Gasteiger partial charge in [-0.25, -0.2) is 9.59 Å². The highest BCUT2D eigenvalue weighted by atomic mass is 32.2. The standard InChI is InChI=1S/C20H21NO8S/c1-4-27-19(23)14-10-15(20(24)28-5-2)12-17(11-14)29-30(25,26)18-8-6-16(7-9-18)21-13(3)22/h6-12H,4-5H2,1-3H3,(H,21,22). The van der Waals surface area contributed by atoms with Crippen molar-refractivity contribution in [3.63, 3.8) is 0 Å². The van der Waals surface area contributed by atoms with E-state index in [1.807, 2.05) is 0 Å². The first kappa shape index (κ1) is 22.9. The number of amides is 1. The van der Waals surface area contributed by atoms with Crippen LogP contribution in [-0.2, 0) is 24.4 Å². The molecule has 2 aromatic carbocycles. The molecule has 0 fully saturated rings. The van der Waals surface area contributed by atoms with E-state index in [1.165, 1.54) is 37.3 Å². The van der Waals surface area contributed by atoms with Gasteiger partial charge in [-0.1, -0.05) is 0 Å². The number of hydrogen-bond donors (Lipinski definition) is 1. The highest BCUT2D eigenvalue weighted by Crippen LogP contribution is 2.24. The summed E-state index contributed by atoms with van der Waals surface area (Å²) < 4.78 is 40.1. The van der Waals surface area contributed by atoms with Crippen molar-refractivity contribution in [3.8, 4) is 5.75 Å². The number of rotatable bonds is 8. The van der Waals surface area contributed by atoms with Crippen LogP contribution in [0.3, 0.4) is 0 Å². The van der Waals surface area contributed by atoms with E-state index in [0.29, 0.717) is 5.69 Å². The second-order valence-electron chi connectivity index (χ2n) is 5.93. The third-order valence-electron chi connectivity index (χ3n) is 3.60. The van der Waals surface area contributed by atoms with Crippen LogP contribution < -0.4 is 9.50 Å². The number of ether oxygens (including phenoxy) is 2. The van der Waals surface area contributed by atoms with Gasteiger partial charge < -0.3 is 19.0 Å². The van der Waals surface area contributed by atoms with Crippen molar-refractivity contribution in [2.45, 2.75) is 25.7 Å². The van der Waals surface area contributed by atoms with Gasteiger partial charge in [-0.3, -0.25) is 4.79 Å². The molecular weight excluding hydrogens is 414 g/mol. The van der Waals surface area contributed by atoms with Crippen LogP contribution in [0.4, 0.5) is 5.69 Å². The zero-order chi connectivity index (χ0) is 22.3. The summed E-state index contributed by atoms with van der Waals surface area (Å²) in [7, 11) is -4.28. The molecule has 0 heterocycles. The zero-order valence-corrected chi connectivity index (χ0v) is 17.4. The lowest BCUT2D eigenvalue weighted by molar-refractivity contribution is -0.114. The lowest BCUT2D eigenvalue weighted by Crippen LogP contribution is -2.13. The third-order valence-corrected chi connectivity index (χ3v) is 4.86. The number of hydrogen-bond acceptors (Lipinski definition) is 8. The second kappa shape index (κ2) is 9.88. The molecule has 0 saturated heterocycles. The fraction of sp³-hybridized carbons (Fsp3) is 0.250. The number of carbonyl (C=O) groups is 3. The summed E-state index contributed by atoms with van der Waals surface area (Å²) in [5.41, 5.74) is 0.289. The van der Waals surface area contributed by atoms with E-state index in [9.17, 15) is 22.8 Å². The Morgan fingerprint density at radius 1 is 0.867 bits per heavy atom. The molecule has 2 aromatic rings. The van der Waals surface area contributed by atoms with Crippen LogP contribution in [0.15, 0.2) is 47.4 Å². The molecule has 9 nitrogen and oxygen atoms in total. The van der Waals surface area contributed by atoms with Crippen molar-refractivity contribution < 1.29 is 36.5 Å². The summed E-state index contributed by atoms with van der Waals surface area (Å²) in [6, 6.07) is 8.85. The fourth-order valence-electron chi connectivity index (χ4n) is 2.39. The van der Waals surface area contributed by atoms with Gasteiger partial charge >= 0.3 is 22.1 Å². The molecule has 2 rings (SSSR count). The highest BCUT2D eigenvalue weighted by molar-refractivity contribution is 7.87. The average molecular weight is 435 g/mol. The van der Waals surface area contributed by atoms with Gasteiger partial charge in [0, 0.05) is 12.6 Å². The Balaban J connectivity index is 2.37. The molecule has 30 heavy (non-hydrogen) atoms. The molecule has 0 saturated carbocycles. The van der Waals surface area contributed by atoms with Gasteiger partial charge in [-0.15, -0.1) is 0 Å². The van der Waals surface area contributed by atoms with Crippen molar-refractivity contribution >= 4 is 33.7 Å². The molecule has 0 aromatic heterocycles. The summed E-state index contributed by atoms with van der Waals surface area (Å²) in [6.07, 6.45) is 0. The van der Waals surface area contributed by atoms with Gasteiger partial charge in [0.15, 0.2) is 0 Å². The van der Waals surface area contributed by atoms with E-state index in [1.54, 1.807) is 13.8 Å². The third kappa shape index (κ3) is 6.05. The van der Waals surface area contributed by atoms with Crippen molar-refractivity contribution in [2.24, 2.45) is 0 Å². The monoisotopic (exact) mass is 435 g/mol. The molecule has 0 spiro atoms. The van der Waals surface area contributed by atoms with Crippen LogP contribution in [0.2, 0.25) is 0 Å². The number of carbonyl (C=O) groups excluding carboxylic acids is 3. The average Bonchev–Trinajstić information content (AvgIpc) is 2.67. The zero-order valence-electron chi connectivity index (χ0n) is 16.6. The molecule has 0 aliphatic rings. The van der Waals surface area contributed by atoms with Crippen molar-refractivity contribution in [1.82, 2.24) is 0 Å². The quantitative estimate of drug-likeness (QED) is 0.496.